The number of halogens is 1. The van der Waals surface area contributed by atoms with Crippen LogP contribution in [0.5, 0.6) is 0 Å². The monoisotopic (exact) mass is 499 g/mol. The van der Waals surface area contributed by atoms with E-state index in [9.17, 15) is 14.0 Å². The number of hydrogen-bond acceptors (Lipinski definition) is 4. The van der Waals surface area contributed by atoms with Crippen LogP contribution in [-0.2, 0) is 9.53 Å². The summed E-state index contributed by atoms with van der Waals surface area (Å²) in [6.07, 6.45) is 8.82. The molecule has 36 heavy (non-hydrogen) atoms. The Morgan fingerprint density at radius 3 is 2.42 bits per heavy atom. The minimum atomic E-state index is -0.290. The lowest BCUT2D eigenvalue weighted by molar-refractivity contribution is -0.140. The molecule has 1 aromatic carbocycles. The third-order valence-electron chi connectivity index (χ3n) is 9.61. The molecule has 4 aliphatic rings. The predicted octanol–water partition coefficient (Wildman–Crippen LogP) is 4.94. The molecule has 5 rings (SSSR count). The maximum absolute atomic E-state index is 13.8. The number of likely N-dealkylation sites (tertiary alicyclic amines) is 1. The van der Waals surface area contributed by atoms with Gasteiger partial charge in [-0.05, 0) is 87.4 Å². The molecule has 0 bridgehead atoms. The minimum absolute atomic E-state index is 0.0407. The van der Waals surface area contributed by atoms with E-state index in [0.717, 1.165) is 51.0 Å². The summed E-state index contributed by atoms with van der Waals surface area (Å²) in [5, 5.41) is 3.42. The Bertz CT molecular complexity index is 936. The average molecular weight is 500 g/mol. The number of nitrogens with one attached hydrogen (secondary N) is 1. The van der Waals surface area contributed by atoms with E-state index in [1.807, 2.05) is 17.0 Å². The molecule has 2 amide bonds. The first kappa shape index (κ1) is 25.5. The molecule has 7 heteroatoms. The smallest absolute Gasteiger partial charge is 0.410 e. The third-order valence-corrected chi connectivity index (χ3v) is 9.61. The van der Waals surface area contributed by atoms with Gasteiger partial charge in [-0.2, -0.15) is 0 Å². The first-order valence-electron chi connectivity index (χ1n) is 14.0. The summed E-state index contributed by atoms with van der Waals surface area (Å²) in [7, 11) is 0. The standard InChI is InChI=1S/C29H42FN3O3/c1-28(2)20-36-27(35)33(28)19-29(22-6-4-3-5-7-22)13-16-32(17-14-29)26(34)25-18-31-15-12-24(25)21-8-10-23(30)11-9-21/h8-11,22,24-25,31H,3-7,12-20H2,1-2H3/t24-,25?/m0/s1. The molecule has 0 radical (unpaired) electrons. The van der Waals surface area contributed by atoms with Crippen molar-refractivity contribution in [1.29, 1.82) is 0 Å². The van der Waals surface area contributed by atoms with Gasteiger partial charge in [-0.3, -0.25) is 9.69 Å². The van der Waals surface area contributed by atoms with Crippen LogP contribution < -0.4 is 5.32 Å². The molecule has 3 aliphatic heterocycles. The molecule has 0 aromatic heterocycles. The van der Waals surface area contributed by atoms with Gasteiger partial charge in [0.05, 0.1) is 11.5 Å². The largest absolute Gasteiger partial charge is 0.447 e. The molecule has 1 saturated carbocycles. The van der Waals surface area contributed by atoms with E-state index in [4.69, 9.17) is 4.74 Å². The van der Waals surface area contributed by atoms with Crippen molar-refractivity contribution in [2.45, 2.75) is 76.7 Å². The van der Waals surface area contributed by atoms with Crippen LogP contribution in [0, 0.1) is 23.1 Å². The fraction of sp³-hybridized carbons (Fsp3) is 0.724. The van der Waals surface area contributed by atoms with Crippen LogP contribution >= 0.6 is 0 Å². The van der Waals surface area contributed by atoms with Gasteiger partial charge in [-0.1, -0.05) is 31.4 Å². The van der Waals surface area contributed by atoms with Crippen LogP contribution in [0.25, 0.3) is 0 Å². The quantitative estimate of drug-likeness (QED) is 0.624. The summed E-state index contributed by atoms with van der Waals surface area (Å²) in [6, 6.07) is 6.69. The number of cyclic esters (lactones) is 1. The number of amides is 2. The number of rotatable bonds is 5. The van der Waals surface area contributed by atoms with Gasteiger partial charge in [0.1, 0.15) is 12.4 Å². The van der Waals surface area contributed by atoms with Crippen molar-refractivity contribution in [1.82, 2.24) is 15.1 Å². The number of piperidine rings is 2. The van der Waals surface area contributed by atoms with Crippen LogP contribution in [0.4, 0.5) is 9.18 Å². The second kappa shape index (κ2) is 10.3. The number of carbonyl (C=O) groups is 2. The summed E-state index contributed by atoms with van der Waals surface area (Å²) in [6.45, 7) is 8.38. The second-order valence-corrected chi connectivity index (χ2v) is 12.2. The van der Waals surface area contributed by atoms with Crippen molar-refractivity contribution in [3.8, 4) is 0 Å². The van der Waals surface area contributed by atoms with Crippen LogP contribution in [0.1, 0.15) is 76.7 Å². The molecular weight excluding hydrogens is 457 g/mol. The highest BCUT2D eigenvalue weighted by Crippen LogP contribution is 2.48. The molecule has 198 valence electrons. The number of hydrogen-bond donors (Lipinski definition) is 1. The highest BCUT2D eigenvalue weighted by molar-refractivity contribution is 5.80. The van der Waals surface area contributed by atoms with E-state index in [2.05, 4.69) is 24.1 Å². The Morgan fingerprint density at radius 1 is 1.08 bits per heavy atom. The fourth-order valence-corrected chi connectivity index (χ4v) is 7.28. The summed E-state index contributed by atoms with van der Waals surface area (Å²) in [5.74, 6) is 0.560. The van der Waals surface area contributed by atoms with Crippen molar-refractivity contribution in [2.24, 2.45) is 17.3 Å². The molecule has 6 nitrogen and oxygen atoms in total. The Morgan fingerprint density at radius 2 is 1.78 bits per heavy atom. The minimum Gasteiger partial charge on any atom is -0.447 e. The number of benzene rings is 1. The highest BCUT2D eigenvalue weighted by Gasteiger charge is 2.50. The molecule has 2 atom stereocenters. The first-order valence-corrected chi connectivity index (χ1v) is 14.0. The van der Waals surface area contributed by atoms with E-state index in [1.165, 1.54) is 44.2 Å². The summed E-state index contributed by atoms with van der Waals surface area (Å²) in [4.78, 5) is 30.5. The van der Waals surface area contributed by atoms with Crippen LogP contribution in [0.2, 0.25) is 0 Å². The van der Waals surface area contributed by atoms with E-state index < -0.39 is 0 Å². The third kappa shape index (κ3) is 5.00. The zero-order valence-electron chi connectivity index (χ0n) is 21.9. The van der Waals surface area contributed by atoms with Gasteiger partial charge >= 0.3 is 6.09 Å². The molecule has 4 fully saturated rings. The van der Waals surface area contributed by atoms with Gasteiger partial charge in [0.2, 0.25) is 5.91 Å². The first-order chi connectivity index (χ1) is 17.3. The second-order valence-electron chi connectivity index (χ2n) is 12.2. The van der Waals surface area contributed by atoms with Crippen molar-refractivity contribution in [2.75, 3.05) is 39.3 Å². The van der Waals surface area contributed by atoms with Crippen molar-refractivity contribution in [3.63, 3.8) is 0 Å². The van der Waals surface area contributed by atoms with Crippen molar-refractivity contribution in [3.05, 3.63) is 35.6 Å². The molecular formula is C29H42FN3O3. The van der Waals surface area contributed by atoms with Gasteiger partial charge in [0.25, 0.3) is 0 Å². The summed E-state index contributed by atoms with van der Waals surface area (Å²) in [5.41, 5.74) is 0.806. The Balaban J connectivity index is 1.31. The molecule has 1 N–H and O–H groups in total. The molecule has 0 spiro atoms. The van der Waals surface area contributed by atoms with E-state index in [1.54, 1.807) is 0 Å². The van der Waals surface area contributed by atoms with Crippen LogP contribution in [0.3, 0.4) is 0 Å². The van der Waals surface area contributed by atoms with Gasteiger partial charge in [-0.15, -0.1) is 0 Å². The molecule has 3 saturated heterocycles. The molecule has 1 aromatic rings. The highest BCUT2D eigenvalue weighted by atomic mass is 19.1. The van der Waals surface area contributed by atoms with E-state index in [0.29, 0.717) is 19.1 Å². The van der Waals surface area contributed by atoms with Crippen molar-refractivity contribution < 1.29 is 18.7 Å². The Labute approximate surface area is 214 Å². The van der Waals surface area contributed by atoms with Gasteiger partial charge in [-0.25, -0.2) is 9.18 Å². The van der Waals surface area contributed by atoms with Gasteiger partial charge in [0, 0.05) is 26.2 Å². The molecule has 1 aliphatic carbocycles. The number of ether oxygens (including phenoxy) is 1. The maximum atomic E-state index is 13.8. The normalized spacial score (nSPS) is 28.7. The topological polar surface area (TPSA) is 61.9 Å². The van der Waals surface area contributed by atoms with E-state index >= 15 is 0 Å². The van der Waals surface area contributed by atoms with Crippen molar-refractivity contribution >= 4 is 12.0 Å². The van der Waals surface area contributed by atoms with Crippen LogP contribution in [-0.4, -0.2) is 66.7 Å². The summed E-state index contributed by atoms with van der Waals surface area (Å²) < 4.78 is 19.0. The zero-order chi connectivity index (χ0) is 25.3. The predicted molar refractivity (Wildman–Crippen MR) is 137 cm³/mol. The van der Waals surface area contributed by atoms with Gasteiger partial charge < -0.3 is 15.0 Å². The molecule has 3 heterocycles. The number of carbonyl (C=O) groups excluding carboxylic acids is 2. The average Bonchev–Trinajstić information content (AvgIpc) is 3.16. The Hall–Kier alpha value is -2.15. The van der Waals surface area contributed by atoms with E-state index in [-0.39, 0.29) is 40.6 Å². The molecule has 1 unspecified atom stereocenters. The van der Waals surface area contributed by atoms with Crippen LogP contribution in [0.15, 0.2) is 24.3 Å². The lowest BCUT2D eigenvalue weighted by Gasteiger charge is -2.51. The SMILES string of the molecule is CC1(C)COC(=O)N1CC1(C2CCCCC2)CCN(C(=O)C2CNCC[C@H]2c2ccc(F)cc2)CC1. The maximum Gasteiger partial charge on any atom is 0.410 e. The summed E-state index contributed by atoms with van der Waals surface area (Å²) >= 11 is 0. The lowest BCUT2D eigenvalue weighted by Crippen LogP contribution is -2.56. The lowest BCUT2D eigenvalue weighted by atomic mass is 9.63. The fourth-order valence-electron chi connectivity index (χ4n) is 7.28. The zero-order valence-corrected chi connectivity index (χ0v) is 21.9. The van der Waals surface area contributed by atoms with Gasteiger partial charge in [0.15, 0.2) is 0 Å². The Kier molecular flexibility index (Phi) is 7.30. The number of nitrogens with zero attached hydrogens (tertiary/aromatic N) is 2.